The summed E-state index contributed by atoms with van der Waals surface area (Å²) in [7, 11) is 0. The molecular formula is C14H11Cl2NO4. The van der Waals surface area contributed by atoms with Crippen LogP contribution in [0.25, 0.3) is 0 Å². The molecule has 1 N–H and O–H groups in total. The fourth-order valence-corrected chi connectivity index (χ4v) is 2.27. The Bertz CT molecular complexity index is 636. The van der Waals surface area contributed by atoms with E-state index in [1.807, 2.05) is 0 Å². The van der Waals surface area contributed by atoms with E-state index >= 15 is 0 Å². The van der Waals surface area contributed by atoms with Crippen LogP contribution in [0.1, 0.15) is 11.1 Å². The third-order valence-corrected chi connectivity index (χ3v) is 3.34. The molecule has 0 aliphatic rings. The first-order valence-corrected chi connectivity index (χ1v) is 6.71. The van der Waals surface area contributed by atoms with Crippen LogP contribution in [-0.2, 0) is 13.2 Å². The topological polar surface area (TPSA) is 72.6 Å². The van der Waals surface area contributed by atoms with E-state index < -0.39 is 4.92 Å². The van der Waals surface area contributed by atoms with Crippen molar-refractivity contribution in [3.05, 3.63) is 67.7 Å². The molecule has 21 heavy (non-hydrogen) atoms. The van der Waals surface area contributed by atoms with E-state index in [1.54, 1.807) is 24.3 Å². The van der Waals surface area contributed by atoms with Gasteiger partial charge in [0.2, 0.25) is 0 Å². The molecule has 5 nitrogen and oxygen atoms in total. The number of ether oxygens (including phenoxy) is 1. The summed E-state index contributed by atoms with van der Waals surface area (Å²) in [5, 5.41) is 19.8. The zero-order valence-electron chi connectivity index (χ0n) is 10.8. The van der Waals surface area contributed by atoms with E-state index in [-0.39, 0.29) is 34.7 Å². The maximum atomic E-state index is 10.7. The summed E-state index contributed by atoms with van der Waals surface area (Å²) < 4.78 is 5.51. The van der Waals surface area contributed by atoms with Gasteiger partial charge in [0.05, 0.1) is 21.6 Å². The van der Waals surface area contributed by atoms with E-state index in [0.717, 1.165) is 11.1 Å². The summed E-state index contributed by atoms with van der Waals surface area (Å²) in [5.41, 5.74) is 1.47. The van der Waals surface area contributed by atoms with E-state index in [2.05, 4.69) is 0 Å². The quantitative estimate of drug-likeness (QED) is 0.666. The molecule has 0 amide bonds. The summed E-state index contributed by atoms with van der Waals surface area (Å²) in [4.78, 5) is 10.1. The number of benzene rings is 2. The number of rotatable bonds is 5. The fourth-order valence-electron chi connectivity index (χ4n) is 1.69. The molecule has 0 atom stereocenters. The van der Waals surface area contributed by atoms with Crippen LogP contribution in [0, 0.1) is 10.1 Å². The number of nitrogens with zero attached hydrogens (tertiary/aromatic N) is 1. The summed E-state index contributed by atoms with van der Waals surface area (Å²) >= 11 is 11.9. The van der Waals surface area contributed by atoms with Gasteiger partial charge in [-0.2, -0.15) is 0 Å². The van der Waals surface area contributed by atoms with Gasteiger partial charge in [0.15, 0.2) is 5.75 Å². The largest absolute Gasteiger partial charge is 0.486 e. The van der Waals surface area contributed by atoms with Gasteiger partial charge in [-0.15, -0.1) is 0 Å². The minimum atomic E-state index is -0.574. The third kappa shape index (κ3) is 3.85. The Morgan fingerprint density at radius 1 is 1.10 bits per heavy atom. The number of aliphatic hydroxyl groups excluding tert-OH is 1. The van der Waals surface area contributed by atoms with Gasteiger partial charge < -0.3 is 9.84 Å². The monoisotopic (exact) mass is 327 g/mol. The lowest BCUT2D eigenvalue weighted by atomic mass is 10.1. The molecule has 2 rings (SSSR count). The van der Waals surface area contributed by atoms with Crippen molar-refractivity contribution in [1.82, 2.24) is 0 Å². The van der Waals surface area contributed by atoms with Crippen LogP contribution < -0.4 is 4.74 Å². The average Bonchev–Trinajstić information content (AvgIpc) is 2.46. The van der Waals surface area contributed by atoms with Crippen molar-refractivity contribution < 1.29 is 14.8 Å². The minimum absolute atomic E-state index is 0.0266. The Morgan fingerprint density at radius 3 is 2.10 bits per heavy atom. The Hall–Kier alpha value is -1.82. The second kappa shape index (κ2) is 6.76. The Kier molecular flexibility index (Phi) is 5.01. The molecule has 2 aromatic carbocycles. The van der Waals surface area contributed by atoms with Gasteiger partial charge >= 0.3 is 0 Å². The molecule has 2 aromatic rings. The zero-order valence-corrected chi connectivity index (χ0v) is 12.3. The lowest BCUT2D eigenvalue weighted by molar-refractivity contribution is -0.384. The van der Waals surface area contributed by atoms with Gasteiger partial charge in [0.25, 0.3) is 5.69 Å². The minimum Gasteiger partial charge on any atom is -0.486 e. The van der Waals surface area contributed by atoms with E-state index in [9.17, 15) is 10.1 Å². The first-order valence-electron chi connectivity index (χ1n) is 5.96. The third-order valence-electron chi connectivity index (χ3n) is 2.78. The summed E-state index contributed by atoms with van der Waals surface area (Å²) in [6, 6.07) is 9.54. The molecule has 7 heteroatoms. The lowest BCUT2D eigenvalue weighted by Gasteiger charge is -2.10. The van der Waals surface area contributed by atoms with Gasteiger partial charge in [-0.05, 0) is 11.1 Å². The Labute approximate surface area is 130 Å². The van der Waals surface area contributed by atoms with Crippen LogP contribution in [0.2, 0.25) is 10.0 Å². The Morgan fingerprint density at radius 2 is 1.62 bits per heavy atom. The lowest BCUT2D eigenvalue weighted by Crippen LogP contribution is -1.98. The van der Waals surface area contributed by atoms with E-state index in [0.29, 0.717) is 0 Å². The van der Waals surface area contributed by atoms with Crippen LogP contribution in [0.4, 0.5) is 5.69 Å². The van der Waals surface area contributed by atoms with Crippen molar-refractivity contribution in [2.75, 3.05) is 0 Å². The van der Waals surface area contributed by atoms with Gasteiger partial charge in [0.1, 0.15) is 6.61 Å². The van der Waals surface area contributed by atoms with Crippen LogP contribution in [-0.4, -0.2) is 10.0 Å². The molecule has 0 heterocycles. The van der Waals surface area contributed by atoms with E-state index in [4.69, 9.17) is 33.0 Å². The number of non-ortho nitro benzene ring substituents is 1. The molecule has 0 aliphatic heterocycles. The van der Waals surface area contributed by atoms with Crippen molar-refractivity contribution in [2.45, 2.75) is 13.2 Å². The van der Waals surface area contributed by atoms with Crippen LogP contribution in [0.5, 0.6) is 5.75 Å². The van der Waals surface area contributed by atoms with Crippen molar-refractivity contribution in [3.8, 4) is 5.75 Å². The van der Waals surface area contributed by atoms with Crippen molar-refractivity contribution in [1.29, 1.82) is 0 Å². The molecular weight excluding hydrogens is 317 g/mol. The van der Waals surface area contributed by atoms with Crippen LogP contribution in [0.15, 0.2) is 36.4 Å². The van der Waals surface area contributed by atoms with Crippen molar-refractivity contribution in [3.63, 3.8) is 0 Å². The molecule has 110 valence electrons. The first kappa shape index (κ1) is 15.6. The molecule has 0 aliphatic carbocycles. The Balaban J connectivity index is 2.14. The van der Waals surface area contributed by atoms with Crippen molar-refractivity contribution >= 4 is 28.9 Å². The highest BCUT2D eigenvalue weighted by Crippen LogP contribution is 2.37. The summed E-state index contributed by atoms with van der Waals surface area (Å²) in [5.74, 6) is 0.204. The van der Waals surface area contributed by atoms with Gasteiger partial charge in [-0.3, -0.25) is 10.1 Å². The first-order chi connectivity index (χ1) is 10.0. The summed E-state index contributed by atoms with van der Waals surface area (Å²) in [6.45, 7) is 0.185. The molecule has 0 saturated heterocycles. The normalized spacial score (nSPS) is 10.4. The van der Waals surface area contributed by atoms with Crippen LogP contribution in [0.3, 0.4) is 0 Å². The maximum Gasteiger partial charge on any atom is 0.272 e. The number of hydrogen-bond acceptors (Lipinski definition) is 4. The second-order valence-corrected chi connectivity index (χ2v) is 5.07. The van der Waals surface area contributed by atoms with Crippen LogP contribution >= 0.6 is 23.2 Å². The number of aliphatic hydroxyl groups is 1. The van der Waals surface area contributed by atoms with Gasteiger partial charge in [-0.1, -0.05) is 47.5 Å². The second-order valence-electron chi connectivity index (χ2n) is 4.26. The predicted octanol–water partition coefficient (Wildman–Crippen LogP) is 3.97. The fraction of sp³-hybridized carbons (Fsp3) is 0.143. The number of halogens is 2. The molecule has 0 radical (unpaired) electrons. The highest BCUT2D eigenvalue weighted by Gasteiger charge is 2.15. The average molecular weight is 328 g/mol. The maximum absolute atomic E-state index is 10.7. The molecule has 0 saturated carbocycles. The predicted molar refractivity (Wildman–Crippen MR) is 79.8 cm³/mol. The van der Waals surface area contributed by atoms with E-state index in [1.165, 1.54) is 12.1 Å². The molecule has 0 fully saturated rings. The zero-order chi connectivity index (χ0) is 15.4. The van der Waals surface area contributed by atoms with Gasteiger partial charge in [-0.25, -0.2) is 0 Å². The standard InChI is InChI=1S/C14H11Cl2NO4/c15-12-5-11(17(19)20)6-13(16)14(12)21-8-10-3-1-9(7-18)2-4-10/h1-6,18H,7-8H2. The smallest absolute Gasteiger partial charge is 0.272 e. The van der Waals surface area contributed by atoms with Crippen molar-refractivity contribution in [2.24, 2.45) is 0 Å². The summed E-state index contributed by atoms with van der Waals surface area (Å²) in [6.07, 6.45) is 0. The molecule has 0 bridgehead atoms. The SMILES string of the molecule is O=[N+]([O-])c1cc(Cl)c(OCc2ccc(CO)cc2)c(Cl)c1. The molecule has 0 unspecified atom stereocenters. The molecule has 0 aromatic heterocycles. The van der Waals surface area contributed by atoms with Gasteiger partial charge in [0, 0.05) is 12.1 Å². The highest BCUT2D eigenvalue weighted by molar-refractivity contribution is 6.37. The number of hydrogen-bond donors (Lipinski definition) is 1. The number of nitro groups is 1. The highest BCUT2D eigenvalue weighted by atomic mass is 35.5. The number of nitro benzene ring substituents is 1. The molecule has 0 spiro atoms.